The van der Waals surface area contributed by atoms with Gasteiger partial charge in [-0.3, -0.25) is 24.6 Å². The van der Waals surface area contributed by atoms with Gasteiger partial charge in [0.05, 0.1) is 0 Å². The van der Waals surface area contributed by atoms with Gasteiger partial charge in [-0.05, 0) is 12.8 Å². The number of rotatable bonds is 3. The summed E-state index contributed by atoms with van der Waals surface area (Å²) >= 11 is 0. The van der Waals surface area contributed by atoms with E-state index >= 15 is 0 Å². The van der Waals surface area contributed by atoms with Gasteiger partial charge in [0.2, 0.25) is 17.7 Å². The molecule has 1 aliphatic carbocycles. The number of nitrogens with one attached hydrogen (secondary N) is 1. The third-order valence-corrected chi connectivity index (χ3v) is 4.06. The van der Waals surface area contributed by atoms with Crippen LogP contribution in [0.1, 0.15) is 32.1 Å². The van der Waals surface area contributed by atoms with Gasteiger partial charge in [-0.15, -0.1) is 0 Å². The minimum Gasteiger partial charge on any atom is -0.349 e. The van der Waals surface area contributed by atoms with Crippen LogP contribution in [0.4, 0.5) is 4.79 Å². The molecule has 1 spiro atoms. The SMILES string of the molecule is CN(C)C(=O)CCN1C(=O)NC(=O)C2(CCCC2)C1=O. The molecule has 0 unspecified atom stereocenters. The molecule has 1 heterocycles. The number of hydrogen-bond donors (Lipinski definition) is 1. The van der Waals surface area contributed by atoms with Crippen LogP contribution in [0.15, 0.2) is 0 Å². The van der Waals surface area contributed by atoms with E-state index in [9.17, 15) is 19.2 Å². The molecule has 2 fully saturated rings. The highest BCUT2D eigenvalue weighted by Gasteiger charge is 2.54. The molecule has 1 aliphatic heterocycles. The van der Waals surface area contributed by atoms with Crippen molar-refractivity contribution in [2.24, 2.45) is 5.41 Å². The van der Waals surface area contributed by atoms with Crippen molar-refractivity contribution in [2.45, 2.75) is 32.1 Å². The van der Waals surface area contributed by atoms with Crippen molar-refractivity contribution in [1.82, 2.24) is 15.1 Å². The molecule has 20 heavy (non-hydrogen) atoms. The van der Waals surface area contributed by atoms with E-state index in [0.29, 0.717) is 12.8 Å². The number of nitrogens with zero attached hydrogens (tertiary/aromatic N) is 2. The second kappa shape index (κ2) is 5.22. The number of carbonyl (C=O) groups excluding carboxylic acids is 4. The number of amides is 5. The van der Waals surface area contributed by atoms with Crippen LogP contribution in [-0.4, -0.2) is 54.2 Å². The lowest BCUT2D eigenvalue weighted by Gasteiger charge is -2.36. The van der Waals surface area contributed by atoms with Crippen molar-refractivity contribution >= 4 is 23.8 Å². The maximum atomic E-state index is 12.5. The average Bonchev–Trinajstić information content (AvgIpc) is 2.87. The third kappa shape index (κ3) is 2.28. The largest absolute Gasteiger partial charge is 0.349 e. The van der Waals surface area contributed by atoms with Gasteiger partial charge in [0.1, 0.15) is 5.41 Å². The molecule has 110 valence electrons. The smallest absolute Gasteiger partial charge is 0.330 e. The van der Waals surface area contributed by atoms with Crippen LogP contribution >= 0.6 is 0 Å². The molecule has 0 aromatic rings. The van der Waals surface area contributed by atoms with Gasteiger partial charge in [-0.1, -0.05) is 12.8 Å². The van der Waals surface area contributed by atoms with Crippen LogP contribution in [0.3, 0.4) is 0 Å². The van der Waals surface area contributed by atoms with Gasteiger partial charge in [0.25, 0.3) is 0 Å². The van der Waals surface area contributed by atoms with Crippen molar-refractivity contribution in [3.8, 4) is 0 Å². The lowest BCUT2D eigenvalue weighted by atomic mass is 9.82. The molecule has 7 nitrogen and oxygen atoms in total. The molecule has 7 heteroatoms. The highest BCUT2D eigenvalue weighted by atomic mass is 16.2. The predicted molar refractivity (Wildman–Crippen MR) is 69.5 cm³/mol. The first-order chi connectivity index (χ1) is 9.38. The number of hydrogen-bond acceptors (Lipinski definition) is 4. The Morgan fingerprint density at radius 3 is 2.40 bits per heavy atom. The lowest BCUT2D eigenvalue weighted by Crippen LogP contribution is -2.63. The van der Waals surface area contributed by atoms with E-state index in [1.165, 1.54) is 4.90 Å². The molecular weight excluding hydrogens is 262 g/mol. The van der Waals surface area contributed by atoms with Crippen molar-refractivity contribution in [3.05, 3.63) is 0 Å². The first-order valence-corrected chi connectivity index (χ1v) is 6.76. The summed E-state index contributed by atoms with van der Waals surface area (Å²) in [5.41, 5.74) is -1.09. The zero-order valence-corrected chi connectivity index (χ0v) is 11.8. The predicted octanol–water partition coefficient (Wildman–Crippen LogP) is 0.103. The van der Waals surface area contributed by atoms with Crippen molar-refractivity contribution < 1.29 is 19.2 Å². The number of urea groups is 1. The molecule has 0 atom stereocenters. The highest BCUT2D eigenvalue weighted by Crippen LogP contribution is 2.41. The van der Waals surface area contributed by atoms with Crippen LogP contribution < -0.4 is 5.32 Å². The Morgan fingerprint density at radius 2 is 1.85 bits per heavy atom. The highest BCUT2D eigenvalue weighted by molar-refractivity contribution is 6.19. The van der Waals surface area contributed by atoms with E-state index in [-0.39, 0.29) is 18.9 Å². The summed E-state index contributed by atoms with van der Waals surface area (Å²) in [4.78, 5) is 50.2. The molecule has 0 bridgehead atoms. The second-order valence-corrected chi connectivity index (χ2v) is 5.54. The molecule has 0 aromatic heterocycles. The summed E-state index contributed by atoms with van der Waals surface area (Å²) < 4.78 is 0. The van der Waals surface area contributed by atoms with E-state index in [4.69, 9.17) is 0 Å². The Kier molecular flexibility index (Phi) is 3.78. The van der Waals surface area contributed by atoms with Gasteiger partial charge in [-0.2, -0.15) is 0 Å². The fourth-order valence-corrected chi connectivity index (χ4v) is 2.79. The molecule has 1 saturated carbocycles. The first kappa shape index (κ1) is 14.5. The van der Waals surface area contributed by atoms with Gasteiger partial charge in [0, 0.05) is 27.1 Å². The normalized spacial score (nSPS) is 21.3. The van der Waals surface area contributed by atoms with Crippen molar-refractivity contribution in [1.29, 1.82) is 0 Å². The van der Waals surface area contributed by atoms with E-state index in [1.807, 2.05) is 0 Å². The number of carbonyl (C=O) groups is 4. The number of barbiturate groups is 1. The lowest BCUT2D eigenvalue weighted by molar-refractivity contribution is -0.151. The molecule has 2 rings (SSSR count). The first-order valence-electron chi connectivity index (χ1n) is 6.76. The molecule has 1 saturated heterocycles. The number of imide groups is 2. The maximum absolute atomic E-state index is 12.5. The molecule has 2 aliphatic rings. The summed E-state index contributed by atoms with van der Waals surface area (Å²) in [5.74, 6) is -1.10. The van der Waals surface area contributed by atoms with E-state index < -0.39 is 23.3 Å². The third-order valence-electron chi connectivity index (χ3n) is 4.06. The summed E-state index contributed by atoms with van der Waals surface area (Å²) in [6.07, 6.45) is 2.62. The molecule has 0 aromatic carbocycles. The van der Waals surface area contributed by atoms with E-state index in [0.717, 1.165) is 17.7 Å². The fraction of sp³-hybridized carbons (Fsp3) is 0.692. The van der Waals surface area contributed by atoms with Crippen molar-refractivity contribution in [2.75, 3.05) is 20.6 Å². The summed E-state index contributed by atoms with van der Waals surface area (Å²) in [5, 5.41) is 2.25. The minimum atomic E-state index is -1.09. The van der Waals surface area contributed by atoms with Gasteiger partial charge in [-0.25, -0.2) is 4.79 Å². The van der Waals surface area contributed by atoms with Gasteiger partial charge >= 0.3 is 6.03 Å². The quantitative estimate of drug-likeness (QED) is 0.743. The Bertz CT molecular complexity index is 466. The van der Waals surface area contributed by atoms with Gasteiger partial charge in [0.15, 0.2) is 0 Å². The Morgan fingerprint density at radius 1 is 1.25 bits per heavy atom. The van der Waals surface area contributed by atoms with E-state index in [1.54, 1.807) is 14.1 Å². The zero-order chi connectivity index (χ0) is 14.9. The van der Waals surface area contributed by atoms with Crippen LogP contribution in [-0.2, 0) is 14.4 Å². The van der Waals surface area contributed by atoms with E-state index in [2.05, 4.69) is 5.32 Å². The van der Waals surface area contributed by atoms with Crippen LogP contribution in [0.5, 0.6) is 0 Å². The van der Waals surface area contributed by atoms with Crippen LogP contribution in [0, 0.1) is 5.41 Å². The maximum Gasteiger partial charge on any atom is 0.330 e. The Labute approximate surface area is 117 Å². The van der Waals surface area contributed by atoms with Crippen LogP contribution in [0.25, 0.3) is 0 Å². The summed E-state index contributed by atoms with van der Waals surface area (Å²) in [6.45, 7) is 0.0106. The average molecular weight is 281 g/mol. The molecule has 0 radical (unpaired) electrons. The molecule has 5 amide bonds. The van der Waals surface area contributed by atoms with Crippen LogP contribution in [0.2, 0.25) is 0 Å². The monoisotopic (exact) mass is 281 g/mol. The Balaban J connectivity index is 2.12. The zero-order valence-electron chi connectivity index (χ0n) is 11.8. The minimum absolute atomic E-state index is 0.0106. The topological polar surface area (TPSA) is 86.8 Å². The van der Waals surface area contributed by atoms with Gasteiger partial charge < -0.3 is 4.90 Å². The standard InChI is InChI=1S/C13H19N3O4/c1-15(2)9(17)5-8-16-11(19)13(6-3-4-7-13)10(18)14-12(16)20/h3-8H2,1-2H3,(H,14,18,20). The van der Waals surface area contributed by atoms with Crippen molar-refractivity contribution in [3.63, 3.8) is 0 Å². The fourth-order valence-electron chi connectivity index (χ4n) is 2.79. The molecular formula is C13H19N3O4. The second-order valence-electron chi connectivity index (χ2n) is 5.54. The molecule has 1 N–H and O–H groups in total. The Hall–Kier alpha value is -1.92. The summed E-state index contributed by atoms with van der Waals surface area (Å²) in [6, 6.07) is -0.718. The summed E-state index contributed by atoms with van der Waals surface area (Å²) in [7, 11) is 3.23.